The number of hydrogen-bond acceptors (Lipinski definition) is 3. The number of rotatable bonds is 4. The number of para-hydroxylation sites is 2. The molecule has 21 heavy (non-hydrogen) atoms. The van der Waals surface area contributed by atoms with E-state index in [1.807, 2.05) is 24.3 Å². The minimum Gasteiger partial charge on any atom is -0.356 e. The van der Waals surface area contributed by atoms with Crippen LogP contribution in [-0.2, 0) is 17.1 Å². The summed E-state index contributed by atoms with van der Waals surface area (Å²) in [6.07, 6.45) is 3.26. The van der Waals surface area contributed by atoms with E-state index in [0.29, 0.717) is 5.82 Å². The minimum absolute atomic E-state index is 0.243. The van der Waals surface area contributed by atoms with Crippen molar-refractivity contribution >= 4 is 21.1 Å². The second-order valence-electron chi connectivity index (χ2n) is 4.99. The molecule has 0 amide bonds. The van der Waals surface area contributed by atoms with Gasteiger partial charge in [0, 0.05) is 19.4 Å². The van der Waals surface area contributed by atoms with Crippen LogP contribution in [0.3, 0.4) is 0 Å². The molecule has 6 nitrogen and oxygen atoms in total. The molecule has 2 heterocycles. The molecule has 0 saturated heterocycles. The van der Waals surface area contributed by atoms with E-state index in [-0.39, 0.29) is 4.90 Å². The van der Waals surface area contributed by atoms with Crippen molar-refractivity contribution in [2.24, 2.45) is 7.05 Å². The van der Waals surface area contributed by atoms with Crippen molar-refractivity contribution in [3.8, 4) is 0 Å². The first-order chi connectivity index (χ1) is 9.95. The maximum atomic E-state index is 12.3. The third-order valence-electron chi connectivity index (χ3n) is 3.26. The Kier molecular flexibility index (Phi) is 3.30. The van der Waals surface area contributed by atoms with Gasteiger partial charge in [-0.05, 0) is 25.1 Å². The first-order valence-corrected chi connectivity index (χ1v) is 8.03. The number of imidazole rings is 1. The summed E-state index contributed by atoms with van der Waals surface area (Å²) < 4.78 is 28.9. The van der Waals surface area contributed by atoms with Gasteiger partial charge in [0.15, 0.2) is 0 Å². The number of nitrogens with one attached hydrogen (secondary N) is 2. The molecule has 110 valence electrons. The van der Waals surface area contributed by atoms with Crippen molar-refractivity contribution in [3.05, 3.63) is 48.5 Å². The van der Waals surface area contributed by atoms with Crippen molar-refractivity contribution < 1.29 is 8.42 Å². The van der Waals surface area contributed by atoms with Crippen LogP contribution >= 0.6 is 0 Å². The molecular weight excluding hydrogens is 288 g/mol. The highest BCUT2D eigenvalue weighted by atomic mass is 32.2. The topological polar surface area (TPSA) is 79.8 Å². The van der Waals surface area contributed by atoms with Gasteiger partial charge in [-0.1, -0.05) is 12.1 Å². The van der Waals surface area contributed by atoms with Crippen molar-refractivity contribution in [3.63, 3.8) is 0 Å². The van der Waals surface area contributed by atoms with Gasteiger partial charge >= 0.3 is 0 Å². The zero-order valence-corrected chi connectivity index (χ0v) is 12.6. The number of aromatic amines is 1. The fourth-order valence-corrected chi connectivity index (χ4v) is 3.43. The van der Waals surface area contributed by atoms with Gasteiger partial charge in [0.25, 0.3) is 0 Å². The molecular formula is C14H16N4O2S. The largest absolute Gasteiger partial charge is 0.356 e. The predicted octanol–water partition coefficient (Wildman–Crippen LogP) is 1.94. The van der Waals surface area contributed by atoms with Crippen molar-refractivity contribution in [1.82, 2.24) is 19.3 Å². The lowest BCUT2D eigenvalue weighted by Gasteiger charge is -2.10. The lowest BCUT2D eigenvalue weighted by Crippen LogP contribution is -2.27. The van der Waals surface area contributed by atoms with E-state index in [9.17, 15) is 8.42 Å². The summed E-state index contributed by atoms with van der Waals surface area (Å²) in [5, 5.41) is 0. The summed E-state index contributed by atoms with van der Waals surface area (Å²) in [7, 11) is -1.78. The molecule has 0 saturated carbocycles. The summed E-state index contributed by atoms with van der Waals surface area (Å²) in [4.78, 5) is 7.78. The molecule has 1 aromatic carbocycles. The van der Waals surface area contributed by atoms with Crippen molar-refractivity contribution in [2.75, 3.05) is 0 Å². The quantitative estimate of drug-likeness (QED) is 0.773. The molecule has 0 aliphatic heterocycles. The number of H-pyrrole nitrogens is 1. The van der Waals surface area contributed by atoms with Crippen LogP contribution in [-0.4, -0.2) is 23.0 Å². The maximum absolute atomic E-state index is 12.3. The molecule has 0 bridgehead atoms. The molecule has 2 N–H and O–H groups in total. The van der Waals surface area contributed by atoms with Crippen molar-refractivity contribution in [2.45, 2.75) is 17.9 Å². The Hall–Kier alpha value is -2.12. The standard InChI is InChI=1S/C14H16N4O2S/c1-10(14-15-12-5-3-4-6-13(12)16-14)17-21(19,20)11-7-8-18(2)9-11/h3-10,17H,1-2H3,(H,15,16). The molecule has 2 aromatic heterocycles. The molecule has 3 aromatic rings. The van der Waals surface area contributed by atoms with Crippen LogP contribution in [0.15, 0.2) is 47.6 Å². The van der Waals surface area contributed by atoms with Crippen LogP contribution in [0.1, 0.15) is 18.8 Å². The lowest BCUT2D eigenvalue weighted by molar-refractivity contribution is 0.561. The summed E-state index contributed by atoms with van der Waals surface area (Å²) in [5.41, 5.74) is 1.71. The first-order valence-electron chi connectivity index (χ1n) is 6.55. The van der Waals surface area contributed by atoms with E-state index in [0.717, 1.165) is 11.0 Å². The number of fused-ring (bicyclic) bond motifs is 1. The fourth-order valence-electron chi connectivity index (χ4n) is 2.17. The fraction of sp³-hybridized carbons (Fsp3) is 0.214. The zero-order chi connectivity index (χ0) is 15.0. The molecule has 1 atom stereocenters. The maximum Gasteiger partial charge on any atom is 0.242 e. The summed E-state index contributed by atoms with van der Waals surface area (Å²) >= 11 is 0. The molecule has 0 aliphatic carbocycles. The number of aromatic nitrogens is 3. The molecule has 7 heteroatoms. The SMILES string of the molecule is CC(NS(=O)(=O)c1ccn(C)c1)c1nc2ccccc2[nH]1. The summed E-state index contributed by atoms with van der Waals surface area (Å²) in [6.45, 7) is 1.76. The smallest absolute Gasteiger partial charge is 0.242 e. The van der Waals surface area contributed by atoms with E-state index >= 15 is 0 Å². The van der Waals surface area contributed by atoms with Crippen molar-refractivity contribution in [1.29, 1.82) is 0 Å². The second kappa shape index (κ2) is 5.01. The molecule has 0 spiro atoms. The Morgan fingerprint density at radius 1 is 1.29 bits per heavy atom. The zero-order valence-electron chi connectivity index (χ0n) is 11.7. The predicted molar refractivity (Wildman–Crippen MR) is 80.2 cm³/mol. The van der Waals surface area contributed by atoms with Gasteiger partial charge < -0.3 is 9.55 Å². The van der Waals surface area contributed by atoms with Crippen LogP contribution in [0.2, 0.25) is 0 Å². The third kappa shape index (κ3) is 2.70. The van der Waals surface area contributed by atoms with Crippen LogP contribution in [0, 0.1) is 0 Å². The highest BCUT2D eigenvalue weighted by Crippen LogP contribution is 2.18. The number of aryl methyl sites for hydroxylation is 1. The summed E-state index contributed by atoms with van der Waals surface area (Å²) in [5.74, 6) is 0.593. The Morgan fingerprint density at radius 3 is 2.71 bits per heavy atom. The van der Waals surface area contributed by atoms with Crippen LogP contribution < -0.4 is 4.72 Å². The Labute approximate surface area is 122 Å². The number of sulfonamides is 1. The number of hydrogen-bond donors (Lipinski definition) is 2. The molecule has 0 fully saturated rings. The second-order valence-corrected chi connectivity index (χ2v) is 6.71. The van der Waals surface area contributed by atoms with Gasteiger partial charge in [-0.15, -0.1) is 0 Å². The number of benzene rings is 1. The summed E-state index contributed by atoms with van der Waals surface area (Å²) in [6, 6.07) is 8.71. The molecule has 0 radical (unpaired) electrons. The lowest BCUT2D eigenvalue weighted by atomic mass is 10.3. The monoisotopic (exact) mass is 304 g/mol. The van der Waals surface area contributed by atoms with Gasteiger partial charge in [0.1, 0.15) is 5.82 Å². The van der Waals surface area contributed by atoms with E-state index in [1.165, 1.54) is 0 Å². The van der Waals surface area contributed by atoms with E-state index in [2.05, 4.69) is 14.7 Å². The van der Waals surface area contributed by atoms with E-state index < -0.39 is 16.1 Å². The normalized spacial score (nSPS) is 13.6. The van der Waals surface area contributed by atoms with Gasteiger partial charge in [0.2, 0.25) is 10.0 Å². The van der Waals surface area contributed by atoms with Crippen LogP contribution in [0.5, 0.6) is 0 Å². The minimum atomic E-state index is -3.56. The third-order valence-corrected chi connectivity index (χ3v) is 4.79. The van der Waals surface area contributed by atoms with Crippen LogP contribution in [0.4, 0.5) is 0 Å². The Bertz CT molecular complexity index is 846. The highest BCUT2D eigenvalue weighted by Gasteiger charge is 2.21. The van der Waals surface area contributed by atoms with Gasteiger partial charge in [-0.2, -0.15) is 0 Å². The average Bonchev–Trinajstić information content (AvgIpc) is 3.04. The van der Waals surface area contributed by atoms with Gasteiger partial charge in [-0.3, -0.25) is 0 Å². The highest BCUT2D eigenvalue weighted by molar-refractivity contribution is 7.89. The molecule has 1 unspecified atom stereocenters. The average molecular weight is 304 g/mol. The van der Waals surface area contributed by atoms with E-state index in [1.54, 1.807) is 37.0 Å². The molecule has 0 aliphatic rings. The first kappa shape index (κ1) is 13.8. The Morgan fingerprint density at radius 2 is 2.05 bits per heavy atom. The van der Waals surface area contributed by atoms with Gasteiger partial charge in [-0.25, -0.2) is 18.1 Å². The molecule has 3 rings (SSSR count). The number of nitrogens with zero attached hydrogens (tertiary/aromatic N) is 2. The van der Waals surface area contributed by atoms with Gasteiger partial charge in [0.05, 0.1) is 22.0 Å². The van der Waals surface area contributed by atoms with E-state index in [4.69, 9.17) is 0 Å². The Balaban J connectivity index is 1.87. The van der Waals surface area contributed by atoms with Crippen LogP contribution in [0.25, 0.3) is 11.0 Å².